The number of likely N-dealkylation sites (N-methyl/N-ethyl adjacent to an activating group) is 1. The predicted molar refractivity (Wildman–Crippen MR) is 69.8 cm³/mol. The quantitative estimate of drug-likeness (QED) is 0.693. The molecular weight excluding hydrogens is 214 g/mol. The monoisotopic (exact) mass is 241 g/mol. The van der Waals surface area contributed by atoms with Gasteiger partial charge in [0.05, 0.1) is 0 Å². The highest BCUT2D eigenvalue weighted by Gasteiger charge is 2.32. The van der Waals surface area contributed by atoms with Crippen LogP contribution in [-0.4, -0.2) is 37.1 Å². The summed E-state index contributed by atoms with van der Waals surface area (Å²) in [5.74, 6) is 0.764. The number of carbonyl (C=O) groups is 1. The highest BCUT2D eigenvalue weighted by Crippen LogP contribution is 2.24. The van der Waals surface area contributed by atoms with Gasteiger partial charge in [-0.15, -0.1) is 0 Å². The van der Waals surface area contributed by atoms with Crippen LogP contribution in [0.3, 0.4) is 0 Å². The molecule has 0 radical (unpaired) electrons. The lowest BCUT2D eigenvalue weighted by atomic mass is 9.89. The molecule has 0 N–H and O–H groups in total. The van der Waals surface area contributed by atoms with Gasteiger partial charge in [-0.25, -0.2) is 0 Å². The van der Waals surface area contributed by atoms with Gasteiger partial charge in [0.25, 0.3) is 0 Å². The Kier molecular flexibility index (Phi) is 5.44. The predicted octanol–water partition coefficient (Wildman–Crippen LogP) is 2.69. The molecule has 0 heterocycles. The second-order valence-corrected chi connectivity index (χ2v) is 5.85. The fourth-order valence-electron chi connectivity index (χ4n) is 2.50. The van der Waals surface area contributed by atoms with Crippen molar-refractivity contribution in [1.29, 1.82) is 0 Å². The molecule has 0 unspecified atom stereocenters. The van der Waals surface area contributed by atoms with E-state index in [0.29, 0.717) is 11.8 Å². The lowest BCUT2D eigenvalue weighted by Gasteiger charge is -2.31. The lowest BCUT2D eigenvalue weighted by molar-refractivity contribution is -0.156. The van der Waals surface area contributed by atoms with Crippen LogP contribution in [0.1, 0.15) is 46.5 Å². The van der Waals surface area contributed by atoms with Crippen LogP contribution in [0.2, 0.25) is 0 Å². The molecule has 1 fully saturated rings. The van der Waals surface area contributed by atoms with Gasteiger partial charge in [-0.3, -0.25) is 9.69 Å². The first-order valence-electron chi connectivity index (χ1n) is 6.80. The molecule has 1 aliphatic rings. The number of rotatable bonds is 5. The Morgan fingerprint density at radius 3 is 2.12 bits per heavy atom. The van der Waals surface area contributed by atoms with Gasteiger partial charge in [-0.2, -0.15) is 0 Å². The number of ether oxygens (including phenoxy) is 1. The summed E-state index contributed by atoms with van der Waals surface area (Å²) in [5.41, 5.74) is 0. The van der Waals surface area contributed by atoms with Crippen molar-refractivity contribution < 1.29 is 9.53 Å². The van der Waals surface area contributed by atoms with Crippen molar-refractivity contribution in [2.45, 2.75) is 58.6 Å². The largest absolute Gasteiger partial charge is 0.461 e. The van der Waals surface area contributed by atoms with Crippen molar-refractivity contribution in [2.75, 3.05) is 14.1 Å². The summed E-state index contributed by atoms with van der Waals surface area (Å²) in [4.78, 5) is 14.2. The number of carbonyl (C=O) groups excluding carboxylic acids is 1. The van der Waals surface area contributed by atoms with Crippen molar-refractivity contribution in [3.63, 3.8) is 0 Å². The Morgan fingerprint density at radius 2 is 1.71 bits per heavy atom. The van der Waals surface area contributed by atoms with E-state index in [1.165, 1.54) is 12.8 Å². The Morgan fingerprint density at radius 1 is 1.18 bits per heavy atom. The first kappa shape index (κ1) is 14.5. The molecule has 17 heavy (non-hydrogen) atoms. The topological polar surface area (TPSA) is 29.5 Å². The Labute approximate surface area is 106 Å². The average Bonchev–Trinajstić information content (AvgIpc) is 2.69. The normalized spacial score (nSPS) is 20.9. The van der Waals surface area contributed by atoms with Gasteiger partial charge in [0.15, 0.2) is 0 Å². The third kappa shape index (κ3) is 3.98. The molecule has 3 heteroatoms. The van der Waals surface area contributed by atoms with E-state index >= 15 is 0 Å². The molecule has 0 aromatic heterocycles. The van der Waals surface area contributed by atoms with Crippen LogP contribution in [0, 0.1) is 11.8 Å². The fraction of sp³-hybridized carbons (Fsp3) is 0.929. The third-order valence-corrected chi connectivity index (χ3v) is 3.93. The van der Waals surface area contributed by atoms with Gasteiger partial charge in [-0.1, -0.05) is 20.8 Å². The Hall–Kier alpha value is -0.570. The maximum Gasteiger partial charge on any atom is 0.323 e. The molecule has 1 saturated carbocycles. The van der Waals surface area contributed by atoms with Crippen LogP contribution in [0.5, 0.6) is 0 Å². The molecule has 1 rings (SSSR count). The van der Waals surface area contributed by atoms with Crippen LogP contribution in [-0.2, 0) is 9.53 Å². The summed E-state index contributed by atoms with van der Waals surface area (Å²) in [6.07, 6.45) is 4.66. The molecule has 0 saturated heterocycles. The summed E-state index contributed by atoms with van der Waals surface area (Å²) in [6.45, 7) is 6.44. The zero-order chi connectivity index (χ0) is 13.0. The van der Waals surface area contributed by atoms with Gasteiger partial charge in [0, 0.05) is 0 Å². The SMILES string of the molecule is CC(C)[C@H](C)[C@@H](C(=O)OC1CCCC1)N(C)C. The molecule has 0 spiro atoms. The molecular formula is C14H27NO2. The standard InChI is InChI=1S/C14H27NO2/c1-10(2)11(3)13(15(4)5)14(16)17-12-8-6-7-9-12/h10-13H,6-9H2,1-5H3/t11-,13-/m0/s1. The minimum atomic E-state index is -0.115. The van der Waals surface area contributed by atoms with Crippen LogP contribution in [0.15, 0.2) is 0 Å². The van der Waals surface area contributed by atoms with E-state index in [0.717, 1.165) is 12.8 Å². The molecule has 1 aliphatic carbocycles. The molecule has 0 aromatic rings. The van der Waals surface area contributed by atoms with Crippen molar-refractivity contribution in [3.8, 4) is 0 Å². The molecule has 0 aromatic carbocycles. The highest BCUT2D eigenvalue weighted by molar-refractivity contribution is 5.76. The Balaban J connectivity index is 2.59. The van der Waals surface area contributed by atoms with E-state index in [9.17, 15) is 4.79 Å². The highest BCUT2D eigenvalue weighted by atomic mass is 16.5. The van der Waals surface area contributed by atoms with Gasteiger partial charge in [0.2, 0.25) is 0 Å². The van der Waals surface area contributed by atoms with E-state index < -0.39 is 0 Å². The van der Waals surface area contributed by atoms with Gasteiger partial charge >= 0.3 is 5.97 Å². The molecule has 0 bridgehead atoms. The first-order valence-corrected chi connectivity index (χ1v) is 6.80. The van der Waals surface area contributed by atoms with E-state index in [4.69, 9.17) is 4.74 Å². The molecule has 0 amide bonds. The molecule has 100 valence electrons. The fourth-order valence-corrected chi connectivity index (χ4v) is 2.50. The van der Waals surface area contributed by atoms with Crippen LogP contribution < -0.4 is 0 Å². The van der Waals surface area contributed by atoms with Crippen molar-refractivity contribution >= 4 is 5.97 Å². The zero-order valence-corrected chi connectivity index (χ0v) is 11.9. The van der Waals surface area contributed by atoms with E-state index in [-0.39, 0.29) is 18.1 Å². The zero-order valence-electron chi connectivity index (χ0n) is 11.9. The lowest BCUT2D eigenvalue weighted by Crippen LogP contribution is -2.44. The summed E-state index contributed by atoms with van der Waals surface area (Å²) < 4.78 is 5.63. The maximum atomic E-state index is 12.2. The first-order chi connectivity index (χ1) is 7.93. The van der Waals surface area contributed by atoms with Crippen molar-refractivity contribution in [3.05, 3.63) is 0 Å². The number of esters is 1. The smallest absolute Gasteiger partial charge is 0.323 e. The number of hydrogen-bond acceptors (Lipinski definition) is 3. The van der Waals surface area contributed by atoms with Crippen LogP contribution >= 0.6 is 0 Å². The summed E-state index contributed by atoms with van der Waals surface area (Å²) in [5, 5.41) is 0. The third-order valence-electron chi connectivity index (χ3n) is 3.93. The second-order valence-electron chi connectivity index (χ2n) is 5.85. The summed E-state index contributed by atoms with van der Waals surface area (Å²) in [6, 6.07) is -0.115. The minimum Gasteiger partial charge on any atom is -0.461 e. The van der Waals surface area contributed by atoms with E-state index in [2.05, 4.69) is 20.8 Å². The van der Waals surface area contributed by atoms with Crippen molar-refractivity contribution in [1.82, 2.24) is 4.90 Å². The average molecular weight is 241 g/mol. The number of hydrogen-bond donors (Lipinski definition) is 0. The van der Waals surface area contributed by atoms with Gasteiger partial charge in [0.1, 0.15) is 12.1 Å². The van der Waals surface area contributed by atoms with Crippen molar-refractivity contribution in [2.24, 2.45) is 11.8 Å². The second kappa shape index (κ2) is 6.39. The van der Waals surface area contributed by atoms with Crippen LogP contribution in [0.4, 0.5) is 0 Å². The molecule has 0 aliphatic heterocycles. The summed E-state index contributed by atoms with van der Waals surface area (Å²) in [7, 11) is 3.92. The number of nitrogens with zero attached hydrogens (tertiary/aromatic N) is 1. The minimum absolute atomic E-state index is 0.0388. The molecule has 3 nitrogen and oxygen atoms in total. The molecule has 2 atom stereocenters. The van der Waals surface area contributed by atoms with Crippen LogP contribution in [0.25, 0.3) is 0 Å². The van der Waals surface area contributed by atoms with Gasteiger partial charge in [-0.05, 0) is 51.6 Å². The summed E-state index contributed by atoms with van der Waals surface area (Å²) >= 11 is 0. The van der Waals surface area contributed by atoms with E-state index in [1.807, 2.05) is 19.0 Å². The van der Waals surface area contributed by atoms with Gasteiger partial charge < -0.3 is 4.74 Å². The Bertz CT molecular complexity index is 245. The van der Waals surface area contributed by atoms with E-state index in [1.54, 1.807) is 0 Å². The maximum absolute atomic E-state index is 12.2.